The van der Waals surface area contributed by atoms with Gasteiger partial charge in [0.2, 0.25) is 0 Å². The van der Waals surface area contributed by atoms with Gasteiger partial charge in [-0.05, 0) is 52.4 Å². The van der Waals surface area contributed by atoms with E-state index in [1.54, 1.807) is 0 Å². The quantitative estimate of drug-likeness (QED) is 0.507. The Morgan fingerprint density at radius 2 is 1.95 bits per heavy atom. The minimum atomic E-state index is -0.423. The zero-order chi connectivity index (χ0) is 13.8. The van der Waals surface area contributed by atoms with Gasteiger partial charge >= 0.3 is 0 Å². The molecule has 1 aliphatic rings. The monoisotopic (exact) mass is 274 g/mol. The first-order valence-corrected chi connectivity index (χ1v) is 7.59. The van der Waals surface area contributed by atoms with Crippen molar-refractivity contribution in [2.75, 3.05) is 59.2 Å². The molecular weight excluding hydrogens is 244 g/mol. The molecule has 0 aromatic rings. The second-order valence-electron chi connectivity index (χ2n) is 5.03. The molecule has 0 aromatic heterocycles. The van der Waals surface area contributed by atoms with Gasteiger partial charge in [0.1, 0.15) is 0 Å². The molecule has 5 nitrogen and oxygen atoms in total. The minimum Gasteiger partial charge on any atom is -0.389 e. The molecule has 0 amide bonds. The molecule has 5 heteroatoms. The van der Waals surface area contributed by atoms with Crippen molar-refractivity contribution in [2.24, 2.45) is 0 Å². The zero-order valence-electron chi connectivity index (χ0n) is 12.3. The Hall–Kier alpha value is -0.200. The molecule has 1 aliphatic heterocycles. The zero-order valence-corrected chi connectivity index (χ0v) is 12.3. The molecule has 1 saturated heterocycles. The summed E-state index contributed by atoms with van der Waals surface area (Å²) < 4.78 is 10.5. The van der Waals surface area contributed by atoms with Crippen LogP contribution in [0.5, 0.6) is 0 Å². The van der Waals surface area contributed by atoms with Crippen LogP contribution < -0.4 is 5.32 Å². The van der Waals surface area contributed by atoms with E-state index < -0.39 is 6.10 Å². The second-order valence-corrected chi connectivity index (χ2v) is 5.03. The number of rotatable bonds is 12. The summed E-state index contributed by atoms with van der Waals surface area (Å²) in [6, 6.07) is 0. The van der Waals surface area contributed by atoms with Gasteiger partial charge in [-0.3, -0.25) is 0 Å². The van der Waals surface area contributed by atoms with Crippen molar-refractivity contribution in [3.05, 3.63) is 0 Å². The van der Waals surface area contributed by atoms with Crippen molar-refractivity contribution in [2.45, 2.75) is 32.3 Å². The molecule has 0 bridgehead atoms. The van der Waals surface area contributed by atoms with E-state index in [0.29, 0.717) is 33.0 Å². The third kappa shape index (κ3) is 9.35. The number of likely N-dealkylation sites (tertiary alicyclic amines) is 1. The average Bonchev–Trinajstić information content (AvgIpc) is 2.91. The van der Waals surface area contributed by atoms with Crippen LogP contribution in [0.15, 0.2) is 0 Å². The van der Waals surface area contributed by atoms with E-state index in [-0.39, 0.29) is 0 Å². The Morgan fingerprint density at radius 3 is 2.68 bits per heavy atom. The summed E-state index contributed by atoms with van der Waals surface area (Å²) in [6.45, 7) is 9.48. The summed E-state index contributed by atoms with van der Waals surface area (Å²) in [6.07, 6.45) is 3.43. The molecule has 1 rings (SSSR count). The van der Waals surface area contributed by atoms with Crippen molar-refractivity contribution >= 4 is 0 Å². The highest BCUT2D eigenvalue weighted by atomic mass is 16.5. The van der Waals surface area contributed by atoms with E-state index in [1.807, 2.05) is 6.92 Å². The smallest absolute Gasteiger partial charge is 0.0897 e. The van der Waals surface area contributed by atoms with Gasteiger partial charge in [-0.1, -0.05) is 0 Å². The molecule has 19 heavy (non-hydrogen) atoms. The van der Waals surface area contributed by atoms with Crippen molar-refractivity contribution in [1.82, 2.24) is 10.2 Å². The number of hydrogen-bond acceptors (Lipinski definition) is 5. The number of nitrogens with one attached hydrogen (secondary N) is 1. The van der Waals surface area contributed by atoms with Gasteiger partial charge in [-0.2, -0.15) is 0 Å². The minimum absolute atomic E-state index is 0.381. The van der Waals surface area contributed by atoms with Crippen LogP contribution in [0.25, 0.3) is 0 Å². The Labute approximate surface area is 117 Å². The predicted octanol–water partition coefficient (Wildman–Crippen LogP) is 0.476. The molecule has 0 aliphatic carbocycles. The fourth-order valence-corrected chi connectivity index (χ4v) is 2.24. The van der Waals surface area contributed by atoms with E-state index in [9.17, 15) is 5.11 Å². The third-order valence-corrected chi connectivity index (χ3v) is 3.29. The Balaban J connectivity index is 1.80. The van der Waals surface area contributed by atoms with Crippen LogP contribution in [-0.4, -0.2) is 75.3 Å². The molecule has 2 N–H and O–H groups in total. The van der Waals surface area contributed by atoms with Gasteiger partial charge in [-0.25, -0.2) is 0 Å². The highest BCUT2D eigenvalue weighted by molar-refractivity contribution is 4.66. The summed E-state index contributed by atoms with van der Waals surface area (Å²) in [5.74, 6) is 0. The molecule has 114 valence electrons. The lowest BCUT2D eigenvalue weighted by Crippen LogP contribution is -2.32. The molecular formula is C14H30N2O3. The van der Waals surface area contributed by atoms with Crippen molar-refractivity contribution in [3.63, 3.8) is 0 Å². The number of aliphatic hydroxyl groups is 1. The maximum Gasteiger partial charge on any atom is 0.0897 e. The molecule has 1 atom stereocenters. The van der Waals surface area contributed by atoms with Crippen molar-refractivity contribution in [1.29, 1.82) is 0 Å². The highest BCUT2D eigenvalue weighted by Gasteiger charge is 2.10. The Kier molecular flexibility index (Phi) is 10.3. The lowest BCUT2D eigenvalue weighted by Gasteiger charge is -2.15. The van der Waals surface area contributed by atoms with Gasteiger partial charge in [-0.15, -0.1) is 0 Å². The number of hydrogen-bond donors (Lipinski definition) is 2. The standard InChI is InChI=1S/C14H30N2O3/c1-2-18-10-11-19-13-14(17)12-15-6-5-9-16-7-3-4-8-16/h14-15,17H,2-13H2,1H3. The summed E-state index contributed by atoms with van der Waals surface area (Å²) in [5, 5.41) is 13.0. The van der Waals surface area contributed by atoms with Crippen molar-refractivity contribution in [3.8, 4) is 0 Å². The van der Waals surface area contributed by atoms with Crippen LogP contribution in [0.1, 0.15) is 26.2 Å². The lowest BCUT2D eigenvalue weighted by atomic mass is 10.3. The summed E-state index contributed by atoms with van der Waals surface area (Å²) in [7, 11) is 0. The molecule has 0 aromatic carbocycles. The van der Waals surface area contributed by atoms with Crippen LogP contribution in [0.2, 0.25) is 0 Å². The molecule has 1 heterocycles. The lowest BCUT2D eigenvalue weighted by molar-refractivity contribution is 0.00653. The topological polar surface area (TPSA) is 54.0 Å². The molecule has 0 radical (unpaired) electrons. The normalized spacial score (nSPS) is 18.0. The maximum atomic E-state index is 9.68. The fraction of sp³-hybridized carbons (Fsp3) is 1.00. The van der Waals surface area contributed by atoms with E-state index in [2.05, 4.69) is 10.2 Å². The Bertz CT molecular complexity index is 199. The number of ether oxygens (including phenoxy) is 2. The molecule has 0 saturated carbocycles. The van der Waals surface area contributed by atoms with Gasteiger partial charge < -0.3 is 24.8 Å². The molecule has 0 spiro atoms. The van der Waals surface area contributed by atoms with Crippen LogP contribution in [0.4, 0.5) is 0 Å². The number of nitrogens with zero attached hydrogens (tertiary/aromatic N) is 1. The maximum absolute atomic E-state index is 9.68. The van der Waals surface area contributed by atoms with Gasteiger partial charge in [0, 0.05) is 13.2 Å². The molecule has 1 fully saturated rings. The third-order valence-electron chi connectivity index (χ3n) is 3.29. The van der Waals surface area contributed by atoms with Gasteiger partial charge in [0.25, 0.3) is 0 Å². The van der Waals surface area contributed by atoms with Gasteiger partial charge in [0.05, 0.1) is 25.9 Å². The van der Waals surface area contributed by atoms with E-state index in [1.165, 1.54) is 32.5 Å². The number of aliphatic hydroxyl groups excluding tert-OH is 1. The SMILES string of the molecule is CCOCCOCC(O)CNCCCN1CCCC1. The highest BCUT2D eigenvalue weighted by Crippen LogP contribution is 2.06. The Morgan fingerprint density at radius 1 is 1.21 bits per heavy atom. The van der Waals surface area contributed by atoms with E-state index in [0.717, 1.165) is 13.0 Å². The van der Waals surface area contributed by atoms with Crippen LogP contribution in [0.3, 0.4) is 0 Å². The summed E-state index contributed by atoms with van der Waals surface area (Å²) in [4.78, 5) is 2.51. The fourth-order valence-electron chi connectivity index (χ4n) is 2.24. The largest absolute Gasteiger partial charge is 0.389 e. The first kappa shape index (κ1) is 16.9. The summed E-state index contributed by atoms with van der Waals surface area (Å²) in [5.41, 5.74) is 0. The van der Waals surface area contributed by atoms with Crippen LogP contribution >= 0.6 is 0 Å². The first-order valence-electron chi connectivity index (χ1n) is 7.59. The van der Waals surface area contributed by atoms with Gasteiger partial charge in [0.15, 0.2) is 0 Å². The van der Waals surface area contributed by atoms with E-state index in [4.69, 9.17) is 9.47 Å². The van der Waals surface area contributed by atoms with E-state index >= 15 is 0 Å². The average molecular weight is 274 g/mol. The second kappa shape index (κ2) is 11.6. The summed E-state index contributed by atoms with van der Waals surface area (Å²) >= 11 is 0. The van der Waals surface area contributed by atoms with Crippen molar-refractivity contribution < 1.29 is 14.6 Å². The first-order chi connectivity index (χ1) is 9.33. The van der Waals surface area contributed by atoms with Crippen LogP contribution in [0, 0.1) is 0 Å². The predicted molar refractivity (Wildman–Crippen MR) is 76.5 cm³/mol. The van der Waals surface area contributed by atoms with Crippen LogP contribution in [-0.2, 0) is 9.47 Å². The molecule has 1 unspecified atom stereocenters.